The minimum absolute atomic E-state index is 0.0610. The number of carbonyl (C=O) groups is 1. The molecule has 90 valence electrons. The molecule has 2 saturated carbocycles. The number of rotatable bonds is 2. The first-order valence-electron chi connectivity index (χ1n) is 6.20. The molecule has 1 amide bonds. The smallest absolute Gasteiger partial charge is 0.227 e. The molecule has 1 aromatic carbocycles. The predicted molar refractivity (Wildman–Crippen MR) is 64.1 cm³/mol. The van der Waals surface area contributed by atoms with Crippen molar-refractivity contribution in [2.45, 2.75) is 26.2 Å². The lowest BCUT2D eigenvalue weighted by Gasteiger charge is -2.13. The van der Waals surface area contributed by atoms with Gasteiger partial charge < -0.3 is 5.32 Å². The number of nitrogens with one attached hydrogen (secondary N) is 1. The zero-order chi connectivity index (χ0) is 12.0. The summed E-state index contributed by atoms with van der Waals surface area (Å²) >= 11 is 0. The highest BCUT2D eigenvalue weighted by atomic mass is 19.1. The molecule has 2 fully saturated rings. The summed E-state index contributed by atoms with van der Waals surface area (Å²) in [6, 6.07) is 4.50. The number of hydrogen-bond acceptors (Lipinski definition) is 1. The summed E-state index contributed by atoms with van der Waals surface area (Å²) in [5.41, 5.74) is 1.51. The van der Waals surface area contributed by atoms with Crippen LogP contribution in [0.3, 0.4) is 0 Å². The van der Waals surface area contributed by atoms with Gasteiger partial charge >= 0.3 is 0 Å². The summed E-state index contributed by atoms with van der Waals surface area (Å²) in [6.45, 7) is 1.88. The van der Waals surface area contributed by atoms with Crippen molar-refractivity contribution < 1.29 is 9.18 Å². The molecule has 1 N–H and O–H groups in total. The fraction of sp³-hybridized carbons (Fsp3) is 0.500. The molecule has 0 aliphatic heterocycles. The molecule has 0 heterocycles. The lowest BCUT2D eigenvalue weighted by atomic mass is 10.0. The molecule has 2 nitrogen and oxygen atoms in total. The lowest BCUT2D eigenvalue weighted by Crippen LogP contribution is -2.22. The number of halogens is 1. The largest absolute Gasteiger partial charge is 0.326 e. The van der Waals surface area contributed by atoms with E-state index in [1.165, 1.54) is 18.6 Å². The maximum Gasteiger partial charge on any atom is 0.227 e. The van der Waals surface area contributed by atoms with Crippen molar-refractivity contribution >= 4 is 11.6 Å². The molecule has 2 unspecified atom stereocenters. The van der Waals surface area contributed by atoms with Crippen LogP contribution < -0.4 is 5.32 Å². The summed E-state index contributed by atoms with van der Waals surface area (Å²) in [4.78, 5) is 12.0. The summed E-state index contributed by atoms with van der Waals surface area (Å²) in [6.07, 6.45) is 3.35. The van der Waals surface area contributed by atoms with Crippen molar-refractivity contribution in [1.82, 2.24) is 0 Å². The van der Waals surface area contributed by atoms with Crippen LogP contribution in [0.25, 0.3) is 0 Å². The van der Waals surface area contributed by atoms with Gasteiger partial charge in [0.15, 0.2) is 0 Å². The van der Waals surface area contributed by atoms with E-state index in [9.17, 15) is 9.18 Å². The van der Waals surface area contributed by atoms with Gasteiger partial charge in [-0.15, -0.1) is 0 Å². The molecule has 0 spiro atoms. The third-order valence-electron chi connectivity index (χ3n) is 4.07. The summed E-state index contributed by atoms with van der Waals surface area (Å²) in [5.74, 6) is 1.48. The van der Waals surface area contributed by atoms with Gasteiger partial charge in [-0.25, -0.2) is 4.39 Å². The van der Waals surface area contributed by atoms with Gasteiger partial charge in [-0.3, -0.25) is 4.79 Å². The van der Waals surface area contributed by atoms with Gasteiger partial charge in [0.25, 0.3) is 0 Å². The van der Waals surface area contributed by atoms with E-state index in [1.807, 2.05) is 6.92 Å². The second-order valence-corrected chi connectivity index (χ2v) is 5.37. The minimum Gasteiger partial charge on any atom is -0.326 e. The number of amides is 1. The number of carbonyl (C=O) groups excluding carboxylic acids is 1. The van der Waals surface area contributed by atoms with Crippen LogP contribution in [0.2, 0.25) is 0 Å². The van der Waals surface area contributed by atoms with Crippen LogP contribution in [0.4, 0.5) is 10.1 Å². The zero-order valence-corrected chi connectivity index (χ0v) is 9.87. The van der Waals surface area contributed by atoms with Crippen molar-refractivity contribution in [3.63, 3.8) is 0 Å². The molecule has 17 heavy (non-hydrogen) atoms. The van der Waals surface area contributed by atoms with Crippen LogP contribution in [-0.2, 0) is 4.79 Å². The van der Waals surface area contributed by atoms with Crippen LogP contribution in [0.5, 0.6) is 0 Å². The highest BCUT2D eigenvalue weighted by molar-refractivity contribution is 5.93. The van der Waals surface area contributed by atoms with Gasteiger partial charge in [0.05, 0.1) is 0 Å². The molecule has 0 saturated heterocycles. The molecule has 3 rings (SSSR count). The van der Waals surface area contributed by atoms with Crippen LogP contribution in [-0.4, -0.2) is 5.91 Å². The van der Waals surface area contributed by atoms with E-state index in [1.54, 1.807) is 6.07 Å². The van der Waals surface area contributed by atoms with Crippen molar-refractivity contribution in [3.05, 3.63) is 29.6 Å². The normalized spacial score (nSPS) is 29.9. The van der Waals surface area contributed by atoms with E-state index in [-0.39, 0.29) is 17.6 Å². The number of fused-ring (bicyclic) bond motifs is 1. The maximum absolute atomic E-state index is 13.1. The van der Waals surface area contributed by atoms with Crippen molar-refractivity contribution in [2.24, 2.45) is 17.8 Å². The van der Waals surface area contributed by atoms with Gasteiger partial charge in [-0.2, -0.15) is 0 Å². The average molecular weight is 233 g/mol. The average Bonchev–Trinajstić information content (AvgIpc) is 2.91. The Balaban J connectivity index is 1.69. The number of benzene rings is 1. The Morgan fingerprint density at radius 3 is 2.71 bits per heavy atom. The van der Waals surface area contributed by atoms with E-state index in [4.69, 9.17) is 0 Å². The third-order valence-corrected chi connectivity index (χ3v) is 4.07. The lowest BCUT2D eigenvalue weighted by molar-refractivity contribution is -0.120. The number of anilines is 1. The predicted octanol–water partition coefficient (Wildman–Crippen LogP) is 3.12. The molecule has 0 aromatic heterocycles. The number of aryl methyl sites for hydroxylation is 1. The highest BCUT2D eigenvalue weighted by Gasteiger charge is 2.47. The van der Waals surface area contributed by atoms with Gasteiger partial charge in [0.1, 0.15) is 5.82 Å². The van der Waals surface area contributed by atoms with Gasteiger partial charge in [-0.1, -0.05) is 6.07 Å². The summed E-state index contributed by atoms with van der Waals surface area (Å²) < 4.78 is 13.1. The van der Waals surface area contributed by atoms with Crippen LogP contribution >= 0.6 is 0 Å². The number of hydrogen-bond donors (Lipinski definition) is 1. The fourth-order valence-electron chi connectivity index (χ4n) is 2.89. The third kappa shape index (κ3) is 2.06. The van der Waals surface area contributed by atoms with Crippen LogP contribution in [0, 0.1) is 30.5 Å². The molecule has 0 bridgehead atoms. The quantitative estimate of drug-likeness (QED) is 0.835. The second kappa shape index (κ2) is 3.83. The molecule has 2 aliphatic rings. The molecule has 2 atom stereocenters. The van der Waals surface area contributed by atoms with Crippen molar-refractivity contribution in [2.75, 3.05) is 5.32 Å². The Hall–Kier alpha value is -1.38. The van der Waals surface area contributed by atoms with Crippen LogP contribution in [0.1, 0.15) is 24.8 Å². The molecular formula is C14H16FNO. The van der Waals surface area contributed by atoms with E-state index in [0.29, 0.717) is 5.69 Å². The first kappa shape index (κ1) is 10.8. The Morgan fingerprint density at radius 1 is 1.29 bits per heavy atom. The van der Waals surface area contributed by atoms with E-state index < -0.39 is 0 Å². The SMILES string of the molecule is Cc1ccc(F)cc1NC(=O)C1CC2CC2C1. The maximum atomic E-state index is 13.1. The molecule has 1 aromatic rings. The minimum atomic E-state index is -0.305. The first-order chi connectivity index (χ1) is 8.13. The first-order valence-corrected chi connectivity index (χ1v) is 6.20. The molecular weight excluding hydrogens is 217 g/mol. The molecule has 2 aliphatic carbocycles. The monoisotopic (exact) mass is 233 g/mol. The standard InChI is InChI=1S/C14H16FNO/c1-8-2-3-12(15)7-13(8)16-14(17)11-5-9-4-10(9)6-11/h2-3,7,9-11H,4-6H2,1H3,(H,16,17). The van der Waals surface area contributed by atoms with Crippen molar-refractivity contribution in [3.8, 4) is 0 Å². The highest BCUT2D eigenvalue weighted by Crippen LogP contribution is 2.54. The second-order valence-electron chi connectivity index (χ2n) is 5.37. The molecule has 0 radical (unpaired) electrons. The van der Waals surface area contributed by atoms with E-state index >= 15 is 0 Å². The molecule has 3 heteroatoms. The summed E-state index contributed by atoms with van der Waals surface area (Å²) in [5, 5.41) is 2.86. The van der Waals surface area contributed by atoms with E-state index in [0.717, 1.165) is 30.2 Å². The Bertz CT molecular complexity index is 461. The Morgan fingerprint density at radius 2 is 2.00 bits per heavy atom. The van der Waals surface area contributed by atoms with Gasteiger partial charge in [0, 0.05) is 11.6 Å². The van der Waals surface area contributed by atoms with Gasteiger partial charge in [-0.05, 0) is 55.7 Å². The van der Waals surface area contributed by atoms with Gasteiger partial charge in [0.2, 0.25) is 5.91 Å². The Kier molecular flexibility index (Phi) is 2.42. The topological polar surface area (TPSA) is 29.1 Å². The zero-order valence-electron chi connectivity index (χ0n) is 9.87. The summed E-state index contributed by atoms with van der Waals surface area (Å²) in [7, 11) is 0. The van der Waals surface area contributed by atoms with E-state index in [2.05, 4.69) is 5.32 Å². The van der Waals surface area contributed by atoms with Crippen LogP contribution in [0.15, 0.2) is 18.2 Å². The Labute approximate surface area is 100 Å². The fourth-order valence-corrected chi connectivity index (χ4v) is 2.89. The van der Waals surface area contributed by atoms with Crippen molar-refractivity contribution in [1.29, 1.82) is 0 Å².